The maximum Gasteiger partial charge on any atom is 0.338 e. The van der Waals surface area contributed by atoms with Crippen molar-refractivity contribution in [3.05, 3.63) is 64.7 Å². The van der Waals surface area contributed by atoms with Crippen molar-refractivity contribution in [1.29, 1.82) is 5.26 Å². The second-order valence-electron chi connectivity index (χ2n) is 6.74. The molecule has 1 amide bonds. The number of aryl methyl sites for hydroxylation is 2. The molecular weight excluding hydrogens is 392 g/mol. The van der Waals surface area contributed by atoms with Crippen LogP contribution in [0.2, 0.25) is 0 Å². The van der Waals surface area contributed by atoms with E-state index in [1.54, 1.807) is 6.07 Å². The molecule has 1 N–H and O–H groups in total. The van der Waals surface area contributed by atoms with Crippen LogP contribution in [0.3, 0.4) is 0 Å². The lowest BCUT2D eigenvalue weighted by Gasteiger charge is -2.15. The molecule has 0 saturated carbocycles. The molecule has 2 aromatic rings. The standard InChI is InChI=1S/C21H22N2O5S/c1-14-4-5-15(2)19(12-14)23-20(24)16(3)28-21(25)18-8-6-17(7-9-18)13-29(26,27)11-10-22/h4-9,12,16H,11,13H2,1-3H3,(H,23,24)/t16-/m1/s1. The van der Waals surface area contributed by atoms with E-state index in [1.165, 1.54) is 31.2 Å². The van der Waals surface area contributed by atoms with E-state index in [1.807, 2.05) is 32.0 Å². The average Bonchev–Trinajstić information content (AvgIpc) is 2.64. The summed E-state index contributed by atoms with van der Waals surface area (Å²) < 4.78 is 28.6. The summed E-state index contributed by atoms with van der Waals surface area (Å²) in [6.45, 7) is 5.25. The van der Waals surface area contributed by atoms with Gasteiger partial charge in [0.05, 0.1) is 17.4 Å². The number of rotatable bonds is 7. The molecule has 0 spiro atoms. The molecule has 152 valence electrons. The van der Waals surface area contributed by atoms with Crippen molar-refractivity contribution in [2.75, 3.05) is 11.1 Å². The van der Waals surface area contributed by atoms with Gasteiger partial charge in [-0.2, -0.15) is 5.26 Å². The first-order valence-electron chi connectivity index (χ1n) is 8.86. The monoisotopic (exact) mass is 414 g/mol. The summed E-state index contributed by atoms with van der Waals surface area (Å²) in [6.07, 6.45) is -1.02. The largest absolute Gasteiger partial charge is 0.449 e. The van der Waals surface area contributed by atoms with Crippen LogP contribution in [0.1, 0.15) is 34.0 Å². The van der Waals surface area contributed by atoms with Gasteiger partial charge < -0.3 is 10.1 Å². The van der Waals surface area contributed by atoms with E-state index in [9.17, 15) is 18.0 Å². The maximum atomic E-state index is 12.3. The number of hydrogen-bond acceptors (Lipinski definition) is 6. The summed E-state index contributed by atoms with van der Waals surface area (Å²) in [4.78, 5) is 24.6. The zero-order valence-corrected chi connectivity index (χ0v) is 17.2. The quantitative estimate of drug-likeness (QED) is 0.697. The molecule has 0 aliphatic carbocycles. The Morgan fingerprint density at radius 1 is 1.14 bits per heavy atom. The number of carbonyl (C=O) groups excluding carboxylic acids is 2. The Morgan fingerprint density at radius 2 is 1.79 bits per heavy atom. The lowest BCUT2D eigenvalue weighted by molar-refractivity contribution is -0.123. The number of nitriles is 1. The number of amides is 1. The van der Waals surface area contributed by atoms with E-state index < -0.39 is 33.6 Å². The van der Waals surface area contributed by atoms with Gasteiger partial charge in [0.15, 0.2) is 15.9 Å². The van der Waals surface area contributed by atoms with E-state index in [4.69, 9.17) is 10.00 Å². The minimum atomic E-state index is -3.51. The Hall–Kier alpha value is -3.18. The number of hydrogen-bond donors (Lipinski definition) is 1. The molecule has 0 fully saturated rings. The van der Waals surface area contributed by atoms with E-state index >= 15 is 0 Å². The van der Waals surface area contributed by atoms with Crippen molar-refractivity contribution in [3.63, 3.8) is 0 Å². The lowest BCUT2D eigenvalue weighted by atomic mass is 10.1. The van der Waals surface area contributed by atoms with E-state index in [-0.39, 0.29) is 11.3 Å². The second-order valence-corrected chi connectivity index (χ2v) is 8.81. The van der Waals surface area contributed by atoms with Crippen LogP contribution in [-0.2, 0) is 25.1 Å². The lowest BCUT2D eigenvalue weighted by Crippen LogP contribution is -2.30. The number of anilines is 1. The van der Waals surface area contributed by atoms with E-state index in [0.29, 0.717) is 11.3 Å². The molecule has 2 rings (SSSR count). The zero-order chi connectivity index (χ0) is 21.6. The Morgan fingerprint density at radius 3 is 2.41 bits per heavy atom. The molecule has 0 heterocycles. The molecule has 0 unspecified atom stereocenters. The molecular formula is C21H22N2O5S. The third kappa shape index (κ3) is 6.43. The van der Waals surface area contributed by atoms with Crippen LogP contribution in [0.5, 0.6) is 0 Å². The summed E-state index contributed by atoms with van der Waals surface area (Å²) in [5.74, 6) is -2.00. The van der Waals surface area contributed by atoms with Gasteiger partial charge in [0.1, 0.15) is 5.75 Å². The number of nitrogens with one attached hydrogen (secondary N) is 1. The van der Waals surface area contributed by atoms with Gasteiger partial charge >= 0.3 is 5.97 Å². The number of benzene rings is 2. The molecule has 1 atom stereocenters. The van der Waals surface area contributed by atoms with Crippen LogP contribution in [0.4, 0.5) is 5.69 Å². The van der Waals surface area contributed by atoms with Gasteiger partial charge in [-0.1, -0.05) is 24.3 Å². The SMILES string of the molecule is Cc1ccc(C)c(NC(=O)[C@@H](C)OC(=O)c2ccc(CS(=O)(=O)CC#N)cc2)c1. The Balaban J connectivity index is 1.99. The molecule has 2 aromatic carbocycles. The topological polar surface area (TPSA) is 113 Å². The predicted molar refractivity (Wildman–Crippen MR) is 109 cm³/mol. The van der Waals surface area contributed by atoms with Crippen molar-refractivity contribution in [1.82, 2.24) is 0 Å². The Bertz CT molecular complexity index is 1050. The summed E-state index contributed by atoms with van der Waals surface area (Å²) in [5.41, 5.74) is 3.19. The van der Waals surface area contributed by atoms with Crippen molar-refractivity contribution >= 4 is 27.4 Å². The van der Waals surface area contributed by atoms with Gasteiger partial charge in [0.25, 0.3) is 5.91 Å². The molecule has 0 radical (unpaired) electrons. The maximum absolute atomic E-state index is 12.3. The first-order valence-corrected chi connectivity index (χ1v) is 10.7. The minimum absolute atomic E-state index is 0.192. The molecule has 0 aliphatic rings. The Kier molecular flexibility index (Phi) is 7.13. The summed E-state index contributed by atoms with van der Waals surface area (Å²) in [5, 5.41) is 11.3. The van der Waals surface area contributed by atoms with Gasteiger partial charge in [0.2, 0.25) is 0 Å². The molecule has 29 heavy (non-hydrogen) atoms. The van der Waals surface area contributed by atoms with E-state index in [0.717, 1.165) is 11.1 Å². The van der Waals surface area contributed by atoms with Crippen molar-refractivity contribution < 1.29 is 22.7 Å². The molecule has 0 aromatic heterocycles. The fraction of sp³-hybridized carbons (Fsp3) is 0.286. The van der Waals surface area contributed by atoms with Crippen LogP contribution in [0.25, 0.3) is 0 Å². The van der Waals surface area contributed by atoms with Crippen LogP contribution < -0.4 is 5.32 Å². The van der Waals surface area contributed by atoms with Crippen LogP contribution in [0, 0.1) is 25.2 Å². The highest BCUT2D eigenvalue weighted by Crippen LogP contribution is 2.17. The third-order valence-electron chi connectivity index (χ3n) is 4.16. The van der Waals surface area contributed by atoms with E-state index in [2.05, 4.69) is 5.32 Å². The minimum Gasteiger partial charge on any atom is -0.449 e. The third-order valence-corrected chi connectivity index (χ3v) is 5.51. The van der Waals surface area contributed by atoms with Gasteiger partial charge in [0, 0.05) is 5.69 Å². The molecule has 7 nitrogen and oxygen atoms in total. The zero-order valence-electron chi connectivity index (χ0n) is 16.4. The number of carbonyl (C=O) groups is 2. The number of nitrogens with zero attached hydrogens (tertiary/aromatic N) is 1. The van der Waals surface area contributed by atoms with Crippen LogP contribution in [0.15, 0.2) is 42.5 Å². The highest BCUT2D eigenvalue weighted by Gasteiger charge is 2.20. The fourth-order valence-electron chi connectivity index (χ4n) is 2.53. The first-order chi connectivity index (χ1) is 13.6. The Labute approximate surface area is 170 Å². The highest BCUT2D eigenvalue weighted by molar-refractivity contribution is 7.90. The molecule has 0 bridgehead atoms. The van der Waals surface area contributed by atoms with Crippen LogP contribution in [-0.4, -0.2) is 32.2 Å². The van der Waals surface area contributed by atoms with Gasteiger partial charge in [-0.3, -0.25) is 4.79 Å². The smallest absolute Gasteiger partial charge is 0.338 e. The van der Waals surface area contributed by atoms with Gasteiger partial charge in [-0.15, -0.1) is 0 Å². The first kappa shape index (κ1) is 22.1. The van der Waals surface area contributed by atoms with Gasteiger partial charge in [-0.25, -0.2) is 13.2 Å². The second kappa shape index (κ2) is 9.34. The number of sulfone groups is 1. The normalized spacial score (nSPS) is 11.9. The average molecular weight is 414 g/mol. The number of esters is 1. The van der Waals surface area contributed by atoms with Crippen LogP contribution >= 0.6 is 0 Å². The molecule has 0 saturated heterocycles. The number of ether oxygens (including phenoxy) is 1. The van der Waals surface area contributed by atoms with Crippen molar-refractivity contribution in [2.45, 2.75) is 32.6 Å². The molecule has 8 heteroatoms. The fourth-order valence-corrected chi connectivity index (χ4v) is 3.53. The summed E-state index contributed by atoms with van der Waals surface area (Å²) in [7, 11) is -3.51. The summed E-state index contributed by atoms with van der Waals surface area (Å²) in [6, 6.07) is 13.1. The summed E-state index contributed by atoms with van der Waals surface area (Å²) >= 11 is 0. The predicted octanol–water partition coefficient (Wildman–Crippen LogP) is 2.93. The molecule has 0 aliphatic heterocycles. The van der Waals surface area contributed by atoms with Crippen molar-refractivity contribution in [2.24, 2.45) is 0 Å². The van der Waals surface area contributed by atoms with Gasteiger partial charge in [-0.05, 0) is 55.7 Å². The highest BCUT2D eigenvalue weighted by atomic mass is 32.2. The van der Waals surface area contributed by atoms with Crippen molar-refractivity contribution in [3.8, 4) is 6.07 Å².